The van der Waals surface area contributed by atoms with Crippen molar-refractivity contribution in [2.24, 2.45) is 11.5 Å². The summed E-state index contributed by atoms with van der Waals surface area (Å²) in [5, 5.41) is 0. The van der Waals surface area contributed by atoms with E-state index in [4.69, 9.17) is 11.5 Å². The zero-order valence-electron chi connectivity index (χ0n) is 7.84. The SMILES string of the molecule is NCCCC(N)c1cc(F)ccc1F. The maximum atomic E-state index is 13.2. The lowest BCUT2D eigenvalue weighted by atomic mass is 10.0. The average molecular weight is 200 g/mol. The van der Waals surface area contributed by atoms with Crippen molar-refractivity contribution in [3.05, 3.63) is 35.4 Å². The molecule has 1 aromatic carbocycles. The smallest absolute Gasteiger partial charge is 0.128 e. The lowest BCUT2D eigenvalue weighted by molar-refractivity contribution is 0.540. The summed E-state index contributed by atoms with van der Waals surface area (Å²) in [6.45, 7) is 0.505. The van der Waals surface area contributed by atoms with Gasteiger partial charge in [-0.3, -0.25) is 0 Å². The Bertz CT molecular complexity index is 302. The molecule has 0 aliphatic carbocycles. The highest BCUT2D eigenvalue weighted by Gasteiger charge is 2.11. The van der Waals surface area contributed by atoms with Gasteiger partial charge in [-0.25, -0.2) is 8.78 Å². The molecule has 1 rings (SSSR count). The molecule has 0 bridgehead atoms. The Balaban J connectivity index is 2.77. The van der Waals surface area contributed by atoms with Crippen LogP contribution in [-0.2, 0) is 0 Å². The maximum Gasteiger partial charge on any atom is 0.128 e. The molecule has 78 valence electrons. The molecule has 0 spiro atoms. The topological polar surface area (TPSA) is 52.0 Å². The quantitative estimate of drug-likeness (QED) is 0.777. The Labute approximate surface area is 81.9 Å². The van der Waals surface area contributed by atoms with Gasteiger partial charge in [0.05, 0.1) is 0 Å². The van der Waals surface area contributed by atoms with Crippen molar-refractivity contribution in [3.63, 3.8) is 0 Å². The highest BCUT2D eigenvalue weighted by Crippen LogP contribution is 2.19. The molecule has 4 N–H and O–H groups in total. The van der Waals surface area contributed by atoms with Crippen LogP contribution in [0.15, 0.2) is 18.2 Å². The predicted molar refractivity (Wildman–Crippen MR) is 51.6 cm³/mol. The van der Waals surface area contributed by atoms with Crippen molar-refractivity contribution >= 4 is 0 Å². The summed E-state index contributed by atoms with van der Waals surface area (Å²) >= 11 is 0. The van der Waals surface area contributed by atoms with Crippen molar-refractivity contribution < 1.29 is 8.78 Å². The molecular formula is C10H14F2N2. The number of rotatable bonds is 4. The fourth-order valence-corrected chi connectivity index (χ4v) is 1.29. The van der Waals surface area contributed by atoms with Gasteiger partial charge in [-0.2, -0.15) is 0 Å². The molecule has 0 radical (unpaired) electrons. The second kappa shape index (κ2) is 5.02. The van der Waals surface area contributed by atoms with Crippen LogP contribution in [0.2, 0.25) is 0 Å². The third kappa shape index (κ3) is 2.75. The van der Waals surface area contributed by atoms with E-state index in [1.54, 1.807) is 0 Å². The van der Waals surface area contributed by atoms with Crippen molar-refractivity contribution in [3.8, 4) is 0 Å². The second-order valence-electron chi connectivity index (χ2n) is 3.20. The first-order chi connectivity index (χ1) is 6.65. The highest BCUT2D eigenvalue weighted by atomic mass is 19.1. The lowest BCUT2D eigenvalue weighted by Gasteiger charge is -2.12. The van der Waals surface area contributed by atoms with E-state index in [0.717, 1.165) is 18.2 Å². The van der Waals surface area contributed by atoms with Crippen LogP contribution in [0.5, 0.6) is 0 Å². The van der Waals surface area contributed by atoms with Crippen molar-refractivity contribution in [2.45, 2.75) is 18.9 Å². The van der Waals surface area contributed by atoms with Crippen LogP contribution in [-0.4, -0.2) is 6.54 Å². The number of benzene rings is 1. The summed E-state index contributed by atoms with van der Waals surface area (Å²) in [6.07, 6.45) is 1.27. The minimum Gasteiger partial charge on any atom is -0.330 e. The molecule has 0 saturated carbocycles. The monoisotopic (exact) mass is 200 g/mol. The van der Waals surface area contributed by atoms with Crippen molar-refractivity contribution in [1.29, 1.82) is 0 Å². The Kier molecular flexibility index (Phi) is 3.98. The lowest BCUT2D eigenvalue weighted by Crippen LogP contribution is -2.14. The van der Waals surface area contributed by atoms with Crippen molar-refractivity contribution in [1.82, 2.24) is 0 Å². The van der Waals surface area contributed by atoms with E-state index in [2.05, 4.69) is 0 Å². The van der Waals surface area contributed by atoms with Gasteiger partial charge in [0.15, 0.2) is 0 Å². The molecule has 0 saturated heterocycles. The zero-order chi connectivity index (χ0) is 10.6. The van der Waals surface area contributed by atoms with E-state index in [-0.39, 0.29) is 5.56 Å². The molecule has 0 aliphatic heterocycles. The molecule has 2 nitrogen and oxygen atoms in total. The number of halogens is 2. The van der Waals surface area contributed by atoms with Gasteiger partial charge in [0, 0.05) is 11.6 Å². The first kappa shape index (κ1) is 11.1. The molecule has 14 heavy (non-hydrogen) atoms. The number of hydrogen-bond acceptors (Lipinski definition) is 2. The largest absolute Gasteiger partial charge is 0.330 e. The van der Waals surface area contributed by atoms with Crippen LogP contribution < -0.4 is 11.5 Å². The highest BCUT2D eigenvalue weighted by molar-refractivity contribution is 5.21. The normalized spacial score (nSPS) is 12.9. The van der Waals surface area contributed by atoms with E-state index >= 15 is 0 Å². The third-order valence-corrected chi connectivity index (χ3v) is 2.08. The van der Waals surface area contributed by atoms with Gasteiger partial charge in [0.1, 0.15) is 11.6 Å². The van der Waals surface area contributed by atoms with Gasteiger partial charge in [-0.05, 0) is 37.6 Å². The van der Waals surface area contributed by atoms with Gasteiger partial charge < -0.3 is 11.5 Å². The molecule has 0 aliphatic rings. The molecular weight excluding hydrogens is 186 g/mol. The molecule has 0 aromatic heterocycles. The molecule has 0 fully saturated rings. The van der Waals surface area contributed by atoms with Crippen LogP contribution in [0.3, 0.4) is 0 Å². The summed E-state index contributed by atoms with van der Waals surface area (Å²) in [7, 11) is 0. The molecule has 1 aromatic rings. The Hall–Kier alpha value is -1.00. The fraction of sp³-hybridized carbons (Fsp3) is 0.400. The van der Waals surface area contributed by atoms with Crippen LogP contribution in [0.25, 0.3) is 0 Å². The van der Waals surface area contributed by atoms with Crippen LogP contribution in [0.1, 0.15) is 24.4 Å². The van der Waals surface area contributed by atoms with E-state index in [1.165, 1.54) is 0 Å². The zero-order valence-corrected chi connectivity index (χ0v) is 7.84. The van der Waals surface area contributed by atoms with Crippen molar-refractivity contribution in [2.75, 3.05) is 6.54 Å². The maximum absolute atomic E-state index is 13.2. The summed E-state index contributed by atoms with van der Waals surface area (Å²) in [5.74, 6) is -0.930. The fourth-order valence-electron chi connectivity index (χ4n) is 1.29. The minimum atomic E-state index is -0.478. The van der Waals surface area contributed by atoms with Gasteiger partial charge in [0.2, 0.25) is 0 Å². The number of hydrogen-bond donors (Lipinski definition) is 2. The predicted octanol–water partition coefficient (Wildman–Crippen LogP) is 1.70. The molecule has 0 amide bonds. The molecule has 0 heterocycles. The third-order valence-electron chi connectivity index (χ3n) is 2.08. The van der Waals surface area contributed by atoms with Crippen LogP contribution in [0.4, 0.5) is 8.78 Å². The number of nitrogens with two attached hydrogens (primary N) is 2. The Morgan fingerprint density at radius 3 is 2.64 bits per heavy atom. The van der Waals surface area contributed by atoms with E-state index in [0.29, 0.717) is 19.4 Å². The standard InChI is InChI=1S/C10H14F2N2/c11-7-3-4-9(12)8(6-7)10(14)2-1-5-13/h3-4,6,10H,1-2,5,13-14H2. The van der Waals surface area contributed by atoms with E-state index < -0.39 is 17.7 Å². The summed E-state index contributed by atoms with van der Waals surface area (Å²) in [6, 6.07) is 2.83. The summed E-state index contributed by atoms with van der Waals surface area (Å²) < 4.78 is 26.0. The van der Waals surface area contributed by atoms with E-state index in [1.807, 2.05) is 0 Å². The first-order valence-corrected chi connectivity index (χ1v) is 4.55. The summed E-state index contributed by atoms with van der Waals surface area (Å²) in [4.78, 5) is 0. The Morgan fingerprint density at radius 1 is 1.29 bits per heavy atom. The minimum absolute atomic E-state index is 0.221. The van der Waals surface area contributed by atoms with Gasteiger partial charge >= 0.3 is 0 Å². The second-order valence-corrected chi connectivity index (χ2v) is 3.20. The van der Waals surface area contributed by atoms with Gasteiger partial charge in [-0.15, -0.1) is 0 Å². The Morgan fingerprint density at radius 2 is 2.00 bits per heavy atom. The van der Waals surface area contributed by atoms with Gasteiger partial charge in [0.25, 0.3) is 0 Å². The first-order valence-electron chi connectivity index (χ1n) is 4.55. The summed E-state index contributed by atoms with van der Waals surface area (Å²) in [5.41, 5.74) is 11.2. The van der Waals surface area contributed by atoms with Crippen LogP contribution >= 0.6 is 0 Å². The molecule has 1 unspecified atom stereocenters. The van der Waals surface area contributed by atoms with E-state index in [9.17, 15) is 8.78 Å². The van der Waals surface area contributed by atoms with Gasteiger partial charge in [-0.1, -0.05) is 0 Å². The average Bonchev–Trinajstić information content (AvgIpc) is 2.18. The van der Waals surface area contributed by atoms with Crippen LogP contribution in [0, 0.1) is 11.6 Å². The molecule has 1 atom stereocenters. The molecule has 4 heteroatoms.